The Bertz CT molecular complexity index is 434. The molecule has 0 aliphatic rings. The van der Waals surface area contributed by atoms with E-state index in [1.807, 2.05) is 0 Å². The first-order valence-electron chi connectivity index (χ1n) is 5.67. The van der Waals surface area contributed by atoms with E-state index in [1.54, 1.807) is 24.3 Å². The summed E-state index contributed by atoms with van der Waals surface area (Å²) in [6.45, 7) is -0.994. The molecule has 0 saturated carbocycles. The highest BCUT2D eigenvalue weighted by Crippen LogP contribution is 2.16. The molecule has 106 valence electrons. The third kappa shape index (κ3) is 6.66. The van der Waals surface area contributed by atoms with Crippen LogP contribution in [0, 0.1) is 0 Å². The quantitative estimate of drug-likeness (QED) is 0.809. The summed E-state index contributed by atoms with van der Waals surface area (Å²) in [4.78, 5) is 12.6. The number of anilines is 2. The van der Waals surface area contributed by atoms with Crippen molar-refractivity contribution in [3.8, 4) is 0 Å². The normalized spacial score (nSPS) is 11.6. The van der Waals surface area contributed by atoms with Crippen molar-refractivity contribution in [2.45, 2.75) is 12.6 Å². The zero-order valence-corrected chi connectivity index (χ0v) is 10.5. The van der Waals surface area contributed by atoms with Crippen LogP contribution in [0.4, 0.5) is 24.5 Å². The van der Waals surface area contributed by atoms with Crippen molar-refractivity contribution in [2.75, 3.05) is 31.2 Å². The fourth-order valence-electron chi connectivity index (χ4n) is 1.52. The Morgan fingerprint density at radius 1 is 1.42 bits per heavy atom. The molecule has 0 heterocycles. The predicted octanol–water partition coefficient (Wildman–Crippen LogP) is 2.09. The number of nitrogens with zero attached hydrogens (tertiary/aromatic N) is 1. The number of halogens is 3. The van der Waals surface area contributed by atoms with Gasteiger partial charge in [0.15, 0.2) is 0 Å². The minimum atomic E-state index is -4.25. The Hall–Kier alpha value is -1.76. The highest BCUT2D eigenvalue weighted by molar-refractivity contribution is 5.91. The van der Waals surface area contributed by atoms with Gasteiger partial charge in [0.25, 0.3) is 0 Å². The molecule has 1 aromatic rings. The van der Waals surface area contributed by atoms with Crippen LogP contribution >= 0.6 is 0 Å². The number of benzene rings is 1. The molecule has 0 radical (unpaired) electrons. The van der Waals surface area contributed by atoms with Gasteiger partial charge in [0.2, 0.25) is 5.91 Å². The number of carbonyl (C=O) groups is 1. The lowest BCUT2D eigenvalue weighted by Gasteiger charge is -2.18. The van der Waals surface area contributed by atoms with Crippen LogP contribution in [-0.4, -0.2) is 37.1 Å². The third-order valence-electron chi connectivity index (χ3n) is 2.34. The molecule has 1 rings (SSSR count). The van der Waals surface area contributed by atoms with Gasteiger partial charge in [-0.1, -0.05) is 6.07 Å². The molecular weight excluding hydrogens is 259 g/mol. The first-order chi connectivity index (χ1) is 8.76. The molecule has 0 fully saturated rings. The van der Waals surface area contributed by atoms with Crippen LogP contribution in [0.2, 0.25) is 0 Å². The molecule has 0 aliphatic heterocycles. The van der Waals surface area contributed by atoms with Gasteiger partial charge in [-0.2, -0.15) is 13.2 Å². The number of nitrogen functional groups attached to an aromatic ring is 1. The van der Waals surface area contributed by atoms with E-state index in [0.717, 1.165) is 4.90 Å². The smallest absolute Gasteiger partial charge is 0.399 e. The molecule has 1 aromatic carbocycles. The topological polar surface area (TPSA) is 58.4 Å². The van der Waals surface area contributed by atoms with Gasteiger partial charge in [-0.15, -0.1) is 0 Å². The number of alkyl halides is 3. The minimum absolute atomic E-state index is 0.0125. The molecule has 0 bridgehead atoms. The van der Waals surface area contributed by atoms with E-state index in [1.165, 1.54) is 7.05 Å². The van der Waals surface area contributed by atoms with Crippen molar-refractivity contribution < 1.29 is 18.0 Å². The lowest BCUT2D eigenvalue weighted by atomic mass is 10.2. The highest BCUT2D eigenvalue weighted by Gasteiger charge is 2.29. The average Bonchev–Trinajstić information content (AvgIpc) is 2.24. The number of carbonyl (C=O) groups excluding carboxylic acids is 1. The number of hydrogen-bond donors (Lipinski definition) is 2. The van der Waals surface area contributed by atoms with E-state index >= 15 is 0 Å². The molecule has 0 aliphatic carbocycles. The van der Waals surface area contributed by atoms with Gasteiger partial charge in [-0.3, -0.25) is 9.69 Å². The molecule has 3 N–H and O–H groups in total. The number of hydrogen-bond acceptors (Lipinski definition) is 3. The van der Waals surface area contributed by atoms with E-state index < -0.39 is 12.7 Å². The van der Waals surface area contributed by atoms with Gasteiger partial charge in [0.05, 0.1) is 6.54 Å². The molecule has 0 aromatic heterocycles. The van der Waals surface area contributed by atoms with Gasteiger partial charge >= 0.3 is 6.18 Å². The van der Waals surface area contributed by atoms with E-state index in [2.05, 4.69) is 5.32 Å². The molecular formula is C12H16F3N3O. The van der Waals surface area contributed by atoms with E-state index in [-0.39, 0.29) is 18.9 Å². The van der Waals surface area contributed by atoms with Crippen molar-refractivity contribution in [3.05, 3.63) is 24.3 Å². The van der Waals surface area contributed by atoms with E-state index in [9.17, 15) is 18.0 Å². The average molecular weight is 275 g/mol. The van der Waals surface area contributed by atoms with Crippen molar-refractivity contribution in [2.24, 2.45) is 0 Å². The molecule has 0 unspecified atom stereocenters. The Kier molecular flexibility index (Phi) is 5.17. The highest BCUT2D eigenvalue weighted by atomic mass is 19.4. The molecule has 4 nitrogen and oxygen atoms in total. The van der Waals surface area contributed by atoms with Crippen LogP contribution in [-0.2, 0) is 4.79 Å². The van der Waals surface area contributed by atoms with Crippen LogP contribution in [0.15, 0.2) is 24.3 Å². The number of nitrogens with one attached hydrogen (secondary N) is 1. The lowest BCUT2D eigenvalue weighted by molar-refractivity contribution is -0.144. The number of nitrogens with two attached hydrogens (primary N) is 1. The van der Waals surface area contributed by atoms with Gasteiger partial charge in [0.1, 0.15) is 0 Å². The molecule has 19 heavy (non-hydrogen) atoms. The maximum atomic E-state index is 12.1. The third-order valence-corrected chi connectivity index (χ3v) is 2.34. The van der Waals surface area contributed by atoms with Crippen molar-refractivity contribution >= 4 is 17.3 Å². The summed E-state index contributed by atoms with van der Waals surface area (Å²) in [6, 6.07) is 6.60. The fraction of sp³-hybridized carbons (Fsp3) is 0.417. The first-order valence-corrected chi connectivity index (χ1v) is 5.67. The summed E-state index contributed by atoms with van der Waals surface area (Å²) in [5.74, 6) is -0.348. The summed E-state index contributed by atoms with van der Waals surface area (Å²) >= 11 is 0. The van der Waals surface area contributed by atoms with Gasteiger partial charge in [-0.05, 0) is 25.2 Å². The maximum Gasteiger partial charge on any atom is 0.401 e. The van der Waals surface area contributed by atoms with Crippen LogP contribution in [0.25, 0.3) is 0 Å². The number of rotatable bonds is 5. The summed E-state index contributed by atoms with van der Waals surface area (Å²) in [7, 11) is 1.32. The summed E-state index contributed by atoms with van der Waals surface area (Å²) in [5, 5.41) is 2.57. The van der Waals surface area contributed by atoms with Crippen LogP contribution in [0.5, 0.6) is 0 Å². The molecule has 0 atom stereocenters. The van der Waals surface area contributed by atoms with Crippen molar-refractivity contribution in [1.29, 1.82) is 0 Å². The second-order valence-corrected chi connectivity index (χ2v) is 4.28. The standard InChI is InChI=1S/C12H16F3N3O/c1-18(8-12(13,14)15)6-5-11(19)17-10-4-2-3-9(16)7-10/h2-4,7H,5-6,8,16H2,1H3,(H,17,19). The SMILES string of the molecule is CN(CCC(=O)Nc1cccc(N)c1)CC(F)(F)F. The predicted molar refractivity (Wildman–Crippen MR) is 67.7 cm³/mol. The first kappa shape index (κ1) is 15.3. The Labute approximate surface area is 109 Å². The monoisotopic (exact) mass is 275 g/mol. The Balaban J connectivity index is 2.36. The maximum absolute atomic E-state index is 12.1. The molecule has 7 heteroatoms. The van der Waals surface area contributed by atoms with Gasteiger partial charge in [-0.25, -0.2) is 0 Å². The molecule has 0 spiro atoms. The summed E-state index contributed by atoms with van der Waals surface area (Å²) in [6.07, 6.45) is -4.26. The number of amides is 1. The van der Waals surface area contributed by atoms with Crippen LogP contribution < -0.4 is 11.1 Å². The van der Waals surface area contributed by atoms with E-state index in [4.69, 9.17) is 5.73 Å². The lowest BCUT2D eigenvalue weighted by Crippen LogP contribution is -2.33. The van der Waals surface area contributed by atoms with Gasteiger partial charge in [0, 0.05) is 24.3 Å². The van der Waals surface area contributed by atoms with Crippen LogP contribution in [0.3, 0.4) is 0 Å². The molecule has 1 amide bonds. The zero-order valence-electron chi connectivity index (χ0n) is 10.5. The van der Waals surface area contributed by atoms with Crippen molar-refractivity contribution in [3.63, 3.8) is 0 Å². The van der Waals surface area contributed by atoms with E-state index in [0.29, 0.717) is 11.4 Å². The Morgan fingerprint density at radius 2 is 2.11 bits per heavy atom. The minimum Gasteiger partial charge on any atom is -0.399 e. The second-order valence-electron chi connectivity index (χ2n) is 4.28. The fourth-order valence-corrected chi connectivity index (χ4v) is 1.52. The Morgan fingerprint density at radius 3 is 2.68 bits per heavy atom. The molecule has 0 saturated heterocycles. The summed E-state index contributed by atoms with van der Waals surface area (Å²) < 4.78 is 36.2. The largest absolute Gasteiger partial charge is 0.401 e. The zero-order chi connectivity index (χ0) is 14.5. The summed E-state index contributed by atoms with van der Waals surface area (Å²) in [5.41, 5.74) is 6.58. The van der Waals surface area contributed by atoms with Crippen molar-refractivity contribution in [1.82, 2.24) is 4.90 Å². The second kappa shape index (κ2) is 6.42. The van der Waals surface area contributed by atoms with Gasteiger partial charge < -0.3 is 11.1 Å². The van der Waals surface area contributed by atoms with Crippen LogP contribution in [0.1, 0.15) is 6.42 Å².